The minimum absolute atomic E-state index is 0.0632. The SMILES string of the molecule is Nc1cc(C(=O)OCc2ccc(F)c(Br)c2)ccc1Br. The van der Waals surface area contributed by atoms with Crippen LogP contribution in [0.15, 0.2) is 45.3 Å². The Morgan fingerprint density at radius 2 is 1.90 bits per heavy atom. The van der Waals surface area contributed by atoms with Crippen molar-refractivity contribution < 1.29 is 13.9 Å². The first-order chi connectivity index (χ1) is 9.47. The molecule has 3 nitrogen and oxygen atoms in total. The van der Waals surface area contributed by atoms with Crippen LogP contribution in [0.2, 0.25) is 0 Å². The second-order valence-corrected chi connectivity index (χ2v) is 5.77. The maximum absolute atomic E-state index is 13.1. The molecule has 2 aromatic rings. The monoisotopic (exact) mass is 401 g/mol. The topological polar surface area (TPSA) is 52.3 Å². The van der Waals surface area contributed by atoms with Crippen LogP contribution in [0.1, 0.15) is 15.9 Å². The Balaban J connectivity index is 2.04. The van der Waals surface area contributed by atoms with E-state index in [2.05, 4.69) is 31.9 Å². The number of nitrogen functional groups attached to an aromatic ring is 1. The lowest BCUT2D eigenvalue weighted by Gasteiger charge is -2.07. The van der Waals surface area contributed by atoms with E-state index in [1.54, 1.807) is 24.3 Å². The van der Waals surface area contributed by atoms with Gasteiger partial charge in [-0.1, -0.05) is 6.07 Å². The second kappa shape index (κ2) is 6.37. The van der Waals surface area contributed by atoms with Crippen LogP contribution in [0.4, 0.5) is 10.1 Å². The van der Waals surface area contributed by atoms with E-state index < -0.39 is 5.97 Å². The molecule has 2 rings (SSSR count). The quantitative estimate of drug-likeness (QED) is 0.615. The van der Waals surface area contributed by atoms with Crippen LogP contribution in [-0.4, -0.2) is 5.97 Å². The van der Waals surface area contributed by atoms with Gasteiger partial charge in [0, 0.05) is 10.2 Å². The van der Waals surface area contributed by atoms with Gasteiger partial charge in [-0.2, -0.15) is 0 Å². The van der Waals surface area contributed by atoms with Crippen LogP contribution in [0.5, 0.6) is 0 Å². The van der Waals surface area contributed by atoms with Gasteiger partial charge in [-0.15, -0.1) is 0 Å². The number of hydrogen-bond donors (Lipinski definition) is 1. The minimum Gasteiger partial charge on any atom is -0.457 e. The lowest BCUT2D eigenvalue weighted by molar-refractivity contribution is 0.0472. The molecule has 2 N–H and O–H groups in total. The summed E-state index contributed by atoms with van der Waals surface area (Å²) in [5.41, 5.74) is 7.22. The summed E-state index contributed by atoms with van der Waals surface area (Å²) in [5, 5.41) is 0. The number of halogens is 3. The van der Waals surface area contributed by atoms with Gasteiger partial charge < -0.3 is 10.5 Å². The van der Waals surface area contributed by atoms with Crippen molar-refractivity contribution in [1.82, 2.24) is 0 Å². The van der Waals surface area contributed by atoms with Gasteiger partial charge in [-0.25, -0.2) is 9.18 Å². The van der Waals surface area contributed by atoms with Crippen molar-refractivity contribution in [2.45, 2.75) is 6.61 Å². The summed E-state index contributed by atoms with van der Waals surface area (Å²) in [6.07, 6.45) is 0. The third kappa shape index (κ3) is 3.58. The molecule has 0 saturated carbocycles. The van der Waals surface area contributed by atoms with Crippen LogP contribution in [0, 0.1) is 5.82 Å². The second-order valence-electron chi connectivity index (χ2n) is 4.06. The van der Waals surface area contributed by atoms with Gasteiger partial charge >= 0.3 is 5.97 Å². The highest BCUT2D eigenvalue weighted by molar-refractivity contribution is 9.10. The molecule has 0 heterocycles. The molecular weight excluding hydrogens is 393 g/mol. The van der Waals surface area contributed by atoms with Crippen molar-refractivity contribution in [3.63, 3.8) is 0 Å². The lowest BCUT2D eigenvalue weighted by Crippen LogP contribution is -2.06. The summed E-state index contributed by atoms with van der Waals surface area (Å²) < 4.78 is 19.3. The molecule has 6 heteroatoms. The summed E-state index contributed by atoms with van der Waals surface area (Å²) in [5.74, 6) is -0.842. The molecule has 0 saturated heterocycles. The fourth-order valence-corrected chi connectivity index (χ4v) is 2.21. The first-order valence-corrected chi connectivity index (χ1v) is 7.22. The Hall–Kier alpha value is -1.40. The molecule has 0 aliphatic rings. The number of carbonyl (C=O) groups excluding carboxylic acids is 1. The zero-order valence-corrected chi connectivity index (χ0v) is 13.4. The van der Waals surface area contributed by atoms with E-state index in [4.69, 9.17) is 10.5 Å². The van der Waals surface area contributed by atoms with Crippen molar-refractivity contribution in [2.24, 2.45) is 0 Å². The highest BCUT2D eigenvalue weighted by atomic mass is 79.9. The molecule has 0 amide bonds. The normalized spacial score (nSPS) is 10.3. The van der Waals surface area contributed by atoms with Crippen molar-refractivity contribution in [3.8, 4) is 0 Å². The number of ether oxygens (including phenoxy) is 1. The average molecular weight is 403 g/mol. The minimum atomic E-state index is -0.482. The van der Waals surface area contributed by atoms with E-state index in [1.807, 2.05) is 0 Å². The van der Waals surface area contributed by atoms with E-state index in [0.29, 0.717) is 21.3 Å². The van der Waals surface area contributed by atoms with Gasteiger partial charge in [0.2, 0.25) is 0 Å². The van der Waals surface area contributed by atoms with Crippen molar-refractivity contribution in [1.29, 1.82) is 0 Å². The molecule has 0 aliphatic carbocycles. The van der Waals surface area contributed by atoms with Gasteiger partial charge in [-0.05, 0) is 67.8 Å². The molecule has 20 heavy (non-hydrogen) atoms. The molecule has 0 unspecified atom stereocenters. The summed E-state index contributed by atoms with van der Waals surface area (Å²) in [7, 11) is 0. The Morgan fingerprint density at radius 3 is 2.55 bits per heavy atom. The molecule has 0 bridgehead atoms. The number of rotatable bonds is 3. The van der Waals surface area contributed by atoms with Crippen LogP contribution in [0.3, 0.4) is 0 Å². The smallest absolute Gasteiger partial charge is 0.338 e. The number of hydrogen-bond acceptors (Lipinski definition) is 3. The third-order valence-corrected chi connectivity index (χ3v) is 3.92. The standard InChI is InChI=1S/C14H10Br2FNO2/c15-10-3-2-9(6-13(10)18)14(19)20-7-8-1-4-12(17)11(16)5-8/h1-6H,7,18H2. The first-order valence-electron chi connectivity index (χ1n) is 5.63. The number of carbonyl (C=O) groups is 1. The molecule has 0 aromatic heterocycles. The van der Waals surface area contributed by atoms with Gasteiger partial charge in [0.15, 0.2) is 0 Å². The summed E-state index contributed by atoms with van der Waals surface area (Å²) in [6.45, 7) is 0.0632. The molecule has 0 spiro atoms. The maximum atomic E-state index is 13.1. The Morgan fingerprint density at radius 1 is 1.15 bits per heavy atom. The average Bonchev–Trinajstić information content (AvgIpc) is 2.43. The Kier molecular flexibility index (Phi) is 4.77. The highest BCUT2D eigenvalue weighted by Gasteiger charge is 2.09. The summed E-state index contributed by atoms with van der Waals surface area (Å²) >= 11 is 6.33. The number of benzene rings is 2. The number of esters is 1. The zero-order valence-electron chi connectivity index (χ0n) is 10.2. The van der Waals surface area contributed by atoms with E-state index in [0.717, 1.165) is 4.47 Å². The van der Waals surface area contributed by atoms with E-state index >= 15 is 0 Å². The van der Waals surface area contributed by atoms with E-state index in [1.165, 1.54) is 12.1 Å². The van der Waals surface area contributed by atoms with E-state index in [9.17, 15) is 9.18 Å². The first kappa shape index (κ1) is 15.0. The molecule has 0 radical (unpaired) electrons. The predicted molar refractivity (Wildman–Crippen MR) is 81.8 cm³/mol. The molecule has 0 fully saturated rings. The summed E-state index contributed by atoms with van der Waals surface area (Å²) in [6, 6.07) is 9.27. The van der Waals surface area contributed by atoms with E-state index in [-0.39, 0.29) is 12.4 Å². The van der Waals surface area contributed by atoms with Crippen molar-refractivity contribution in [3.05, 3.63) is 62.3 Å². The number of nitrogens with two attached hydrogens (primary N) is 1. The van der Waals surface area contributed by atoms with Crippen molar-refractivity contribution in [2.75, 3.05) is 5.73 Å². The van der Waals surface area contributed by atoms with Gasteiger partial charge in [-0.3, -0.25) is 0 Å². The van der Waals surface area contributed by atoms with Gasteiger partial charge in [0.25, 0.3) is 0 Å². The fraction of sp³-hybridized carbons (Fsp3) is 0.0714. The third-order valence-electron chi connectivity index (χ3n) is 2.59. The van der Waals surface area contributed by atoms with Crippen LogP contribution >= 0.6 is 31.9 Å². The summed E-state index contributed by atoms with van der Waals surface area (Å²) in [4.78, 5) is 11.9. The Labute approximate surface area is 132 Å². The van der Waals surface area contributed by atoms with Crippen LogP contribution in [-0.2, 0) is 11.3 Å². The highest BCUT2D eigenvalue weighted by Crippen LogP contribution is 2.21. The zero-order chi connectivity index (χ0) is 14.7. The molecule has 0 atom stereocenters. The van der Waals surface area contributed by atoms with Crippen molar-refractivity contribution >= 4 is 43.5 Å². The fourth-order valence-electron chi connectivity index (χ4n) is 1.53. The molecular formula is C14H10Br2FNO2. The van der Waals surface area contributed by atoms with Gasteiger partial charge in [0.05, 0.1) is 10.0 Å². The largest absolute Gasteiger partial charge is 0.457 e. The lowest BCUT2D eigenvalue weighted by atomic mass is 10.2. The van der Waals surface area contributed by atoms with Crippen LogP contribution in [0.25, 0.3) is 0 Å². The van der Waals surface area contributed by atoms with Gasteiger partial charge in [0.1, 0.15) is 12.4 Å². The predicted octanol–water partition coefficient (Wildman–Crippen LogP) is 4.29. The maximum Gasteiger partial charge on any atom is 0.338 e. The molecule has 2 aromatic carbocycles. The number of anilines is 1. The molecule has 0 aliphatic heterocycles. The molecule has 104 valence electrons. The van der Waals surface area contributed by atoms with Crippen LogP contribution < -0.4 is 5.73 Å². The Bertz CT molecular complexity index is 662.